The first-order valence-electron chi connectivity index (χ1n) is 6.47. The van der Waals surface area contributed by atoms with E-state index in [9.17, 15) is 19.8 Å². The number of carbonyl (C=O) groups is 2. The molecule has 2 unspecified atom stereocenters. The second kappa shape index (κ2) is 5.25. The molecule has 1 saturated heterocycles. The Kier molecular flexibility index (Phi) is 4.55. The van der Waals surface area contributed by atoms with Crippen molar-refractivity contribution in [2.24, 2.45) is 5.41 Å². The molecule has 0 aromatic rings. The van der Waals surface area contributed by atoms with Gasteiger partial charge in [-0.1, -0.05) is 0 Å². The van der Waals surface area contributed by atoms with Gasteiger partial charge in [0.15, 0.2) is 0 Å². The summed E-state index contributed by atoms with van der Waals surface area (Å²) in [5.74, 6) is -1.26. The van der Waals surface area contributed by atoms with Crippen LogP contribution in [0.4, 0.5) is 4.79 Å². The van der Waals surface area contributed by atoms with Gasteiger partial charge in [0.25, 0.3) is 0 Å². The molecule has 1 N–H and O–H groups in total. The maximum Gasteiger partial charge on any atom is 1.00 e. The van der Waals surface area contributed by atoms with Crippen LogP contribution in [0.5, 0.6) is 0 Å². The smallest absolute Gasteiger partial charge is 0.548 e. The molecule has 6 nitrogen and oxygen atoms in total. The zero-order chi connectivity index (χ0) is 14.5. The molecule has 0 radical (unpaired) electrons. The van der Waals surface area contributed by atoms with Crippen molar-refractivity contribution in [2.45, 2.75) is 51.2 Å². The Morgan fingerprint density at radius 1 is 1.35 bits per heavy atom. The minimum atomic E-state index is -1.31. The molecule has 0 spiro atoms. The van der Waals surface area contributed by atoms with Crippen molar-refractivity contribution in [3.05, 3.63) is 0 Å². The van der Waals surface area contributed by atoms with Crippen molar-refractivity contribution in [2.75, 3.05) is 13.2 Å². The molecule has 0 aromatic carbocycles. The molecule has 2 fully saturated rings. The molecule has 108 valence electrons. The Bertz CT molecular complexity index is 421. The van der Waals surface area contributed by atoms with E-state index in [1.54, 1.807) is 20.8 Å². The first-order chi connectivity index (χ1) is 8.64. The Morgan fingerprint density at radius 3 is 2.40 bits per heavy atom. The number of likely N-dealkylation sites (tertiary alicyclic amines) is 1. The predicted octanol–water partition coefficient (Wildman–Crippen LogP) is -3.11. The van der Waals surface area contributed by atoms with Crippen molar-refractivity contribution >= 4 is 12.1 Å². The second-order valence-electron chi connectivity index (χ2n) is 6.72. The van der Waals surface area contributed by atoms with E-state index in [-0.39, 0.29) is 38.4 Å². The van der Waals surface area contributed by atoms with Gasteiger partial charge in [0, 0.05) is 12.0 Å². The number of hydrogen-bond donors (Lipinski definition) is 1. The zero-order valence-electron chi connectivity index (χ0n) is 12.6. The minimum Gasteiger partial charge on any atom is -0.548 e. The Labute approximate surface area is 130 Å². The van der Waals surface area contributed by atoms with Crippen LogP contribution < -0.4 is 24.0 Å². The monoisotopic (exact) mass is 277 g/mol. The van der Waals surface area contributed by atoms with Crippen molar-refractivity contribution in [1.82, 2.24) is 4.90 Å². The predicted molar refractivity (Wildman–Crippen MR) is 64.0 cm³/mol. The van der Waals surface area contributed by atoms with Gasteiger partial charge in [0.05, 0.1) is 18.1 Å². The molecule has 1 aliphatic carbocycles. The molecular formula is C13H20LiNO5. The third-order valence-electron chi connectivity index (χ3n) is 4.08. The zero-order valence-corrected chi connectivity index (χ0v) is 12.6. The van der Waals surface area contributed by atoms with Crippen molar-refractivity contribution in [3.63, 3.8) is 0 Å². The van der Waals surface area contributed by atoms with E-state index in [4.69, 9.17) is 4.74 Å². The number of amides is 1. The number of carboxylic acid groups (broad SMARTS) is 1. The van der Waals surface area contributed by atoms with E-state index in [0.29, 0.717) is 12.8 Å². The van der Waals surface area contributed by atoms with Gasteiger partial charge in [-0.15, -0.1) is 0 Å². The first kappa shape index (κ1) is 17.3. The number of rotatable bonds is 2. The number of aliphatic hydroxyl groups is 1. The number of hydrogen-bond acceptors (Lipinski definition) is 5. The molecule has 2 rings (SSSR count). The fourth-order valence-corrected chi connectivity index (χ4v) is 3.15. The van der Waals surface area contributed by atoms with Crippen LogP contribution in [0.25, 0.3) is 0 Å². The van der Waals surface area contributed by atoms with Gasteiger partial charge in [0.1, 0.15) is 5.60 Å². The average molecular weight is 277 g/mol. The van der Waals surface area contributed by atoms with E-state index in [1.165, 1.54) is 4.90 Å². The minimum absolute atomic E-state index is 0. The van der Waals surface area contributed by atoms with Crippen LogP contribution in [0.3, 0.4) is 0 Å². The molecule has 1 saturated carbocycles. The number of carbonyl (C=O) groups excluding carboxylic acids is 2. The number of ether oxygens (including phenoxy) is 1. The van der Waals surface area contributed by atoms with Crippen LogP contribution in [0.15, 0.2) is 0 Å². The molecule has 2 atom stereocenters. The average Bonchev–Trinajstić information content (AvgIpc) is 2.81. The van der Waals surface area contributed by atoms with Crippen molar-refractivity contribution in [1.29, 1.82) is 0 Å². The third kappa shape index (κ3) is 2.69. The molecular weight excluding hydrogens is 257 g/mol. The van der Waals surface area contributed by atoms with E-state index in [1.807, 2.05) is 0 Å². The van der Waals surface area contributed by atoms with Gasteiger partial charge in [-0.2, -0.15) is 0 Å². The maximum absolute atomic E-state index is 12.1. The molecule has 1 amide bonds. The van der Waals surface area contributed by atoms with E-state index >= 15 is 0 Å². The molecule has 1 aliphatic heterocycles. The fourth-order valence-electron chi connectivity index (χ4n) is 3.15. The summed E-state index contributed by atoms with van der Waals surface area (Å²) in [5.41, 5.74) is -2.51. The first-order valence-corrected chi connectivity index (χ1v) is 6.47. The van der Waals surface area contributed by atoms with Crippen molar-refractivity contribution < 1.29 is 43.4 Å². The van der Waals surface area contributed by atoms with E-state index in [0.717, 1.165) is 0 Å². The Balaban J connectivity index is 0.00000200. The number of nitrogens with zero attached hydrogens (tertiary/aromatic N) is 1. The SMILES string of the molecule is CC(C)(C)OC(=O)N1CC2(CO)CCC1(C(=O)[O-])C2.[Li+]. The summed E-state index contributed by atoms with van der Waals surface area (Å²) in [6.07, 6.45) is 0.510. The fraction of sp³-hybridized carbons (Fsp3) is 0.846. The van der Waals surface area contributed by atoms with Gasteiger partial charge in [-0.3, -0.25) is 4.90 Å². The standard InChI is InChI=1S/C13H21NO5.Li/c1-11(2,3)19-10(18)14-7-12(8-15)4-5-13(14,6-12)9(16)17;/h15H,4-8H2,1-3H3,(H,16,17);/q;+1/p-1. The van der Waals surface area contributed by atoms with Crippen LogP contribution in [-0.4, -0.2) is 46.4 Å². The summed E-state index contributed by atoms with van der Waals surface area (Å²) in [4.78, 5) is 24.9. The van der Waals surface area contributed by atoms with Crippen LogP contribution >= 0.6 is 0 Å². The quantitative estimate of drug-likeness (QED) is 0.540. The molecule has 7 heteroatoms. The number of aliphatic hydroxyl groups excluding tert-OH is 1. The largest absolute Gasteiger partial charge is 1.00 e. The second-order valence-corrected chi connectivity index (χ2v) is 6.72. The molecule has 20 heavy (non-hydrogen) atoms. The summed E-state index contributed by atoms with van der Waals surface area (Å²) in [7, 11) is 0. The summed E-state index contributed by atoms with van der Waals surface area (Å²) >= 11 is 0. The van der Waals surface area contributed by atoms with Gasteiger partial charge in [0.2, 0.25) is 0 Å². The van der Waals surface area contributed by atoms with Crippen LogP contribution in [0, 0.1) is 5.41 Å². The van der Waals surface area contributed by atoms with E-state index < -0.39 is 28.6 Å². The van der Waals surface area contributed by atoms with Crippen LogP contribution in [-0.2, 0) is 9.53 Å². The number of carboxylic acids is 1. The topological polar surface area (TPSA) is 89.9 Å². The van der Waals surface area contributed by atoms with Crippen LogP contribution in [0.1, 0.15) is 40.0 Å². The number of piperidine rings is 1. The van der Waals surface area contributed by atoms with Crippen LogP contribution in [0.2, 0.25) is 0 Å². The molecule has 1 heterocycles. The van der Waals surface area contributed by atoms with Gasteiger partial charge >= 0.3 is 25.0 Å². The Hall–Kier alpha value is -0.703. The molecule has 0 aromatic heterocycles. The third-order valence-corrected chi connectivity index (χ3v) is 4.08. The summed E-state index contributed by atoms with van der Waals surface area (Å²) < 4.78 is 5.25. The number of fused-ring (bicyclic) bond motifs is 2. The normalized spacial score (nSPS) is 31.9. The number of aliphatic carboxylic acids is 1. The molecule has 2 bridgehead atoms. The van der Waals surface area contributed by atoms with E-state index in [2.05, 4.69) is 0 Å². The summed E-state index contributed by atoms with van der Waals surface area (Å²) in [6, 6.07) is 0. The summed E-state index contributed by atoms with van der Waals surface area (Å²) in [6.45, 7) is 5.28. The molecule has 2 aliphatic rings. The summed E-state index contributed by atoms with van der Waals surface area (Å²) in [5, 5.41) is 21.0. The Morgan fingerprint density at radius 2 is 1.95 bits per heavy atom. The van der Waals surface area contributed by atoms with Gasteiger partial charge in [-0.05, 0) is 40.0 Å². The van der Waals surface area contributed by atoms with Gasteiger partial charge in [-0.25, -0.2) is 4.79 Å². The van der Waals surface area contributed by atoms with Gasteiger partial charge < -0.3 is 19.7 Å². The van der Waals surface area contributed by atoms with Crippen molar-refractivity contribution in [3.8, 4) is 0 Å². The maximum atomic E-state index is 12.1.